The number of nitrogens with one attached hydrogen (secondary N) is 1. The maximum atomic E-state index is 12.7. The summed E-state index contributed by atoms with van der Waals surface area (Å²) in [5, 5.41) is 1.54. The molecule has 0 bridgehead atoms. The maximum Gasteiger partial charge on any atom is 0.415 e. The lowest BCUT2D eigenvalue weighted by molar-refractivity contribution is 0.152. The third-order valence-corrected chi connectivity index (χ3v) is 5.82. The number of aromatic amines is 1. The van der Waals surface area contributed by atoms with Gasteiger partial charge in [-0.15, -0.1) is 0 Å². The first-order chi connectivity index (χ1) is 15.5. The molecule has 5 rings (SSSR count). The van der Waals surface area contributed by atoms with Gasteiger partial charge in [0.2, 0.25) is 0 Å². The van der Waals surface area contributed by atoms with E-state index in [1.807, 2.05) is 55.5 Å². The largest absolute Gasteiger partial charge is 0.497 e. The van der Waals surface area contributed by atoms with Gasteiger partial charge in [0.05, 0.1) is 7.11 Å². The van der Waals surface area contributed by atoms with Gasteiger partial charge in [-0.25, -0.2) is 4.79 Å². The summed E-state index contributed by atoms with van der Waals surface area (Å²) < 4.78 is 10.9. The predicted octanol–water partition coefficient (Wildman–Crippen LogP) is 5.03. The van der Waals surface area contributed by atoms with E-state index < -0.39 is 6.09 Å². The Bertz CT molecular complexity index is 1390. The highest BCUT2D eigenvalue weighted by Gasteiger charge is 2.25. The number of carbonyl (C=O) groups is 1. The molecule has 0 aliphatic carbocycles. The van der Waals surface area contributed by atoms with Crippen LogP contribution in [0.5, 0.6) is 11.5 Å². The normalized spacial score (nSPS) is 12.6. The van der Waals surface area contributed by atoms with Gasteiger partial charge in [0.15, 0.2) is 0 Å². The molecule has 160 valence electrons. The van der Waals surface area contributed by atoms with Crippen molar-refractivity contribution in [3.63, 3.8) is 0 Å². The predicted molar refractivity (Wildman–Crippen MR) is 123 cm³/mol. The van der Waals surface area contributed by atoms with Gasteiger partial charge >= 0.3 is 6.09 Å². The number of methoxy groups -OCH3 is 1. The number of nitrogens with zero attached hydrogens (tertiary/aromatic N) is 1. The molecule has 0 radical (unpaired) electrons. The number of H-pyrrole nitrogens is 1. The first-order valence-electron chi connectivity index (χ1n) is 10.4. The van der Waals surface area contributed by atoms with Crippen LogP contribution in [0, 0.1) is 6.92 Å². The summed E-state index contributed by atoms with van der Waals surface area (Å²) in [5.74, 6) is 1.25. The average Bonchev–Trinajstić information content (AvgIpc) is 3.23. The standard InChI is InChI=1S/C26H22N2O4/c1-16-3-10-22-23(11-16)24(13-27-25(22)29)17-4-7-20(8-5-17)32-26(30)28-14-18-6-9-21(31-2)12-19(18)15-28/h3-13H,14-15H2,1-2H3,(H,27,29). The number of aryl methyl sites for hydroxylation is 1. The molecule has 6 heteroatoms. The molecule has 2 heterocycles. The molecule has 0 unspecified atom stereocenters. The molecule has 0 saturated heterocycles. The SMILES string of the molecule is COc1ccc2c(c1)CN(C(=O)Oc1ccc(-c3c[nH]c(=O)c4ccc(C)cc34)cc1)C2. The van der Waals surface area contributed by atoms with Gasteiger partial charge in [-0.05, 0) is 59.3 Å². The Hall–Kier alpha value is -4.06. The van der Waals surface area contributed by atoms with Gasteiger partial charge in [0.25, 0.3) is 5.56 Å². The summed E-state index contributed by atoms with van der Waals surface area (Å²) in [4.78, 5) is 29.3. The van der Waals surface area contributed by atoms with Crippen LogP contribution < -0.4 is 15.0 Å². The molecule has 1 amide bonds. The van der Waals surface area contributed by atoms with Crippen LogP contribution in [0.15, 0.2) is 71.7 Å². The number of ether oxygens (including phenoxy) is 2. The quantitative estimate of drug-likeness (QED) is 0.499. The summed E-state index contributed by atoms with van der Waals surface area (Å²) in [6, 6.07) is 18.9. The first kappa shape index (κ1) is 19.9. The van der Waals surface area contributed by atoms with E-state index in [0.29, 0.717) is 24.2 Å². The van der Waals surface area contributed by atoms with Gasteiger partial charge in [0, 0.05) is 30.2 Å². The monoisotopic (exact) mass is 426 g/mol. The zero-order chi connectivity index (χ0) is 22.2. The molecule has 0 spiro atoms. The van der Waals surface area contributed by atoms with E-state index in [-0.39, 0.29) is 5.56 Å². The first-order valence-corrected chi connectivity index (χ1v) is 10.4. The van der Waals surface area contributed by atoms with E-state index in [4.69, 9.17) is 9.47 Å². The molecule has 1 aliphatic rings. The number of hydrogen-bond acceptors (Lipinski definition) is 4. The molecule has 1 aromatic heterocycles. The molecule has 0 atom stereocenters. The van der Waals surface area contributed by atoms with E-state index in [9.17, 15) is 9.59 Å². The smallest absolute Gasteiger partial charge is 0.415 e. The van der Waals surface area contributed by atoms with Crippen LogP contribution in [0.1, 0.15) is 16.7 Å². The Morgan fingerprint density at radius 1 is 0.906 bits per heavy atom. The summed E-state index contributed by atoms with van der Waals surface area (Å²) in [6.07, 6.45) is 1.33. The van der Waals surface area contributed by atoms with Gasteiger partial charge in [0.1, 0.15) is 11.5 Å². The number of carbonyl (C=O) groups excluding carboxylic acids is 1. The van der Waals surface area contributed by atoms with Crippen molar-refractivity contribution in [1.29, 1.82) is 0 Å². The Morgan fingerprint density at radius 3 is 2.44 bits per heavy atom. The second-order valence-electron chi connectivity index (χ2n) is 7.96. The van der Waals surface area contributed by atoms with Crippen molar-refractivity contribution in [2.45, 2.75) is 20.0 Å². The summed E-state index contributed by atoms with van der Waals surface area (Å²) in [6.45, 7) is 3.00. The van der Waals surface area contributed by atoms with Crippen molar-refractivity contribution < 1.29 is 14.3 Å². The molecule has 3 aromatic carbocycles. The van der Waals surface area contributed by atoms with Crippen LogP contribution in [-0.4, -0.2) is 23.1 Å². The number of benzene rings is 3. The van der Waals surface area contributed by atoms with E-state index >= 15 is 0 Å². The van der Waals surface area contributed by atoms with Gasteiger partial charge in [-0.1, -0.05) is 35.9 Å². The van der Waals surface area contributed by atoms with Crippen LogP contribution in [0.2, 0.25) is 0 Å². The fourth-order valence-corrected chi connectivity index (χ4v) is 4.11. The lowest BCUT2D eigenvalue weighted by Gasteiger charge is -2.15. The van der Waals surface area contributed by atoms with E-state index in [2.05, 4.69) is 4.98 Å². The number of hydrogen-bond donors (Lipinski definition) is 1. The van der Waals surface area contributed by atoms with E-state index in [1.54, 1.807) is 30.3 Å². The highest BCUT2D eigenvalue weighted by molar-refractivity contribution is 5.96. The lowest BCUT2D eigenvalue weighted by atomic mass is 9.99. The Balaban J connectivity index is 1.34. The van der Waals surface area contributed by atoms with Crippen LogP contribution in [0.25, 0.3) is 21.9 Å². The summed E-state index contributed by atoms with van der Waals surface area (Å²) >= 11 is 0. The highest BCUT2D eigenvalue weighted by atomic mass is 16.6. The Morgan fingerprint density at radius 2 is 1.66 bits per heavy atom. The van der Waals surface area contributed by atoms with Crippen molar-refractivity contribution in [1.82, 2.24) is 9.88 Å². The fourth-order valence-electron chi connectivity index (χ4n) is 4.11. The second kappa shape index (κ2) is 7.89. The van der Waals surface area contributed by atoms with Crippen LogP contribution >= 0.6 is 0 Å². The molecule has 6 nitrogen and oxygen atoms in total. The minimum Gasteiger partial charge on any atom is -0.497 e. The van der Waals surface area contributed by atoms with Crippen molar-refractivity contribution in [2.75, 3.05) is 7.11 Å². The minimum atomic E-state index is -0.391. The maximum absolute atomic E-state index is 12.7. The van der Waals surface area contributed by atoms with E-state index in [0.717, 1.165) is 39.0 Å². The van der Waals surface area contributed by atoms with Gasteiger partial charge in [-0.2, -0.15) is 0 Å². The molecule has 32 heavy (non-hydrogen) atoms. The summed E-state index contributed by atoms with van der Waals surface area (Å²) in [7, 11) is 1.63. The Kier molecular flexibility index (Phi) is 4.90. The Labute approximate surface area is 185 Å². The van der Waals surface area contributed by atoms with Crippen LogP contribution in [-0.2, 0) is 13.1 Å². The van der Waals surface area contributed by atoms with Gasteiger partial charge in [-0.3, -0.25) is 9.69 Å². The zero-order valence-electron chi connectivity index (χ0n) is 17.8. The van der Waals surface area contributed by atoms with Crippen LogP contribution in [0.3, 0.4) is 0 Å². The number of amides is 1. The fraction of sp³-hybridized carbons (Fsp3) is 0.154. The third-order valence-electron chi connectivity index (χ3n) is 5.82. The number of fused-ring (bicyclic) bond motifs is 2. The van der Waals surface area contributed by atoms with Crippen molar-refractivity contribution in [3.8, 4) is 22.6 Å². The average molecular weight is 426 g/mol. The second-order valence-corrected chi connectivity index (χ2v) is 7.96. The number of aromatic nitrogens is 1. The van der Waals surface area contributed by atoms with Crippen LogP contribution in [0.4, 0.5) is 4.79 Å². The molecule has 1 aliphatic heterocycles. The third kappa shape index (κ3) is 3.60. The number of rotatable bonds is 3. The topological polar surface area (TPSA) is 71.6 Å². The molecule has 4 aromatic rings. The van der Waals surface area contributed by atoms with Crippen molar-refractivity contribution in [3.05, 3.63) is 93.9 Å². The molecule has 1 N–H and O–H groups in total. The van der Waals surface area contributed by atoms with Gasteiger partial charge < -0.3 is 14.5 Å². The van der Waals surface area contributed by atoms with Crippen molar-refractivity contribution in [2.24, 2.45) is 0 Å². The molecule has 0 fully saturated rings. The lowest BCUT2D eigenvalue weighted by Crippen LogP contribution is -2.28. The molecule has 0 saturated carbocycles. The minimum absolute atomic E-state index is 0.112. The summed E-state index contributed by atoms with van der Waals surface area (Å²) in [5.41, 5.74) is 4.98. The van der Waals surface area contributed by atoms with Crippen molar-refractivity contribution >= 4 is 16.9 Å². The zero-order valence-corrected chi connectivity index (χ0v) is 17.8. The number of pyridine rings is 1. The highest BCUT2D eigenvalue weighted by Crippen LogP contribution is 2.30. The molecular formula is C26H22N2O4. The molecular weight excluding hydrogens is 404 g/mol. The van der Waals surface area contributed by atoms with E-state index in [1.165, 1.54) is 0 Å².